The number of aromatic nitrogens is 8. The Morgan fingerprint density at radius 2 is 1.82 bits per heavy atom. The lowest BCUT2D eigenvalue weighted by molar-refractivity contribution is -0.138. The highest BCUT2D eigenvalue weighted by molar-refractivity contribution is 5.94. The van der Waals surface area contributed by atoms with Gasteiger partial charge >= 0.3 is 0 Å². The molecular weight excluding hydrogens is 811 g/mol. The van der Waals surface area contributed by atoms with E-state index in [0.29, 0.717) is 47.7 Å². The molecule has 6 bridgehead atoms. The van der Waals surface area contributed by atoms with Crippen LogP contribution in [0.2, 0.25) is 0 Å². The summed E-state index contributed by atoms with van der Waals surface area (Å²) in [4.78, 5) is 59.1. The zero-order chi connectivity index (χ0) is 43.1. The van der Waals surface area contributed by atoms with Crippen LogP contribution in [0.25, 0.3) is 39.1 Å². The number of aryl methyl sites for hydroxylation is 1. The van der Waals surface area contributed by atoms with Gasteiger partial charge < -0.3 is 34.2 Å². The van der Waals surface area contributed by atoms with Gasteiger partial charge in [0, 0.05) is 57.8 Å². The Morgan fingerprint density at radius 3 is 2.61 bits per heavy atom. The number of carbonyl (C=O) groups excluding carboxylic acids is 2. The molecule has 20 heteroatoms. The van der Waals surface area contributed by atoms with Gasteiger partial charge in [-0.3, -0.25) is 14.6 Å². The van der Waals surface area contributed by atoms with Crippen molar-refractivity contribution >= 4 is 51.5 Å². The number of fused-ring (bicyclic) bond motifs is 8. The zero-order valence-corrected chi connectivity index (χ0v) is 33.9. The number of amides is 2. The summed E-state index contributed by atoms with van der Waals surface area (Å²) in [7, 11) is 3.31. The maximum atomic E-state index is 15.5. The highest BCUT2D eigenvalue weighted by atomic mass is 19.3. The summed E-state index contributed by atoms with van der Waals surface area (Å²) in [5.41, 5.74) is 3.18. The topological polar surface area (TPSA) is 156 Å². The van der Waals surface area contributed by atoms with Crippen LogP contribution in [0.3, 0.4) is 0 Å². The second kappa shape index (κ2) is 15.0. The molecule has 5 atom stereocenters. The highest BCUT2D eigenvalue weighted by Crippen LogP contribution is 2.43. The number of hydrogen-bond donors (Lipinski definition) is 1. The number of nitrogens with zero attached hydrogens (tertiary/aromatic N) is 12. The molecular formula is C42H41F4N13O3. The SMILES string of the molecule is C=C1C2C[C@H](CN(CC(F)F)C2=O)N1c1nc(N2CC3C[C@H]2C(=O)N(C)C[C@H](OC)Cn2c(C)nc4ccnc(c42)-c2cccc(n2)N3)c2cnn(-c3ccc(F)cc3F)c2n1. The molecule has 62 heavy (non-hydrogen) atoms. The van der Waals surface area contributed by atoms with Gasteiger partial charge in [0.15, 0.2) is 11.5 Å². The minimum atomic E-state index is -2.74. The number of hydrogen-bond acceptors (Lipinski definition) is 12. The number of benzene rings is 1. The molecule has 16 nitrogen and oxygen atoms in total. The van der Waals surface area contributed by atoms with Crippen molar-refractivity contribution in [1.82, 2.24) is 49.1 Å². The molecule has 3 fully saturated rings. The fraction of sp³-hybridized carbons (Fsp3) is 0.381. The molecule has 0 radical (unpaired) electrons. The molecule has 6 aromatic rings. The number of alkyl halides is 2. The highest BCUT2D eigenvalue weighted by Gasteiger charge is 2.49. The number of halogens is 4. The first-order valence-electron chi connectivity index (χ1n) is 20.2. The van der Waals surface area contributed by atoms with Crippen LogP contribution in [-0.2, 0) is 20.9 Å². The van der Waals surface area contributed by atoms with Gasteiger partial charge in [0.25, 0.3) is 6.43 Å². The van der Waals surface area contributed by atoms with E-state index >= 15 is 4.39 Å². The molecule has 4 aliphatic heterocycles. The second-order valence-electron chi connectivity index (χ2n) is 16.2. The molecule has 1 N–H and O–H groups in total. The van der Waals surface area contributed by atoms with Crippen LogP contribution in [0.15, 0.2) is 67.1 Å². The first kappa shape index (κ1) is 39.4. The predicted octanol–water partition coefficient (Wildman–Crippen LogP) is 4.57. The molecule has 9 heterocycles. The lowest BCUT2D eigenvalue weighted by Crippen LogP contribution is -2.48. The van der Waals surface area contributed by atoms with E-state index in [1.807, 2.05) is 40.7 Å². The largest absolute Gasteiger partial charge is 0.378 e. The van der Waals surface area contributed by atoms with Gasteiger partial charge in [-0.15, -0.1) is 0 Å². The number of pyridine rings is 2. The molecule has 0 spiro atoms. The van der Waals surface area contributed by atoms with Crippen molar-refractivity contribution in [2.24, 2.45) is 5.92 Å². The molecule has 4 aliphatic rings. The maximum Gasteiger partial charge on any atom is 0.255 e. The fourth-order valence-corrected chi connectivity index (χ4v) is 9.47. The van der Waals surface area contributed by atoms with Crippen LogP contribution in [-0.4, -0.2) is 132 Å². The van der Waals surface area contributed by atoms with Crippen LogP contribution in [0.1, 0.15) is 18.7 Å². The molecule has 2 amide bonds. The number of likely N-dealkylation sites (tertiary alicyclic amines) is 1. The van der Waals surface area contributed by atoms with Gasteiger partial charge in [-0.1, -0.05) is 12.6 Å². The van der Waals surface area contributed by atoms with Crippen molar-refractivity contribution < 1.29 is 31.9 Å². The van der Waals surface area contributed by atoms with E-state index in [4.69, 9.17) is 29.7 Å². The Labute approximate surface area is 351 Å². The van der Waals surface area contributed by atoms with E-state index in [9.17, 15) is 22.8 Å². The van der Waals surface area contributed by atoms with E-state index < -0.39 is 54.6 Å². The summed E-state index contributed by atoms with van der Waals surface area (Å²) < 4.78 is 66.2. The van der Waals surface area contributed by atoms with E-state index in [0.717, 1.165) is 33.9 Å². The Kier molecular flexibility index (Phi) is 9.56. The number of imidazole rings is 1. The molecule has 0 aliphatic carbocycles. The van der Waals surface area contributed by atoms with Crippen LogP contribution in [0.4, 0.5) is 35.1 Å². The third kappa shape index (κ3) is 6.54. The van der Waals surface area contributed by atoms with Crippen LogP contribution >= 0.6 is 0 Å². The zero-order valence-electron chi connectivity index (χ0n) is 33.9. The molecule has 1 aromatic carbocycles. The second-order valence-corrected chi connectivity index (χ2v) is 16.2. The number of anilines is 3. The van der Waals surface area contributed by atoms with Gasteiger partial charge in [-0.25, -0.2) is 32.2 Å². The van der Waals surface area contributed by atoms with Crippen LogP contribution in [0, 0.1) is 24.5 Å². The smallest absolute Gasteiger partial charge is 0.255 e. The van der Waals surface area contributed by atoms with Gasteiger partial charge in [0.2, 0.25) is 17.8 Å². The Balaban J connectivity index is 1.11. The molecule has 0 saturated carbocycles. The first-order chi connectivity index (χ1) is 29.9. The number of ether oxygens (including phenoxy) is 1. The summed E-state index contributed by atoms with van der Waals surface area (Å²) in [6.45, 7) is 6.17. The summed E-state index contributed by atoms with van der Waals surface area (Å²) in [6.07, 6.45) is 0.581. The minimum absolute atomic E-state index is 0.0280. The molecule has 5 aromatic heterocycles. The number of piperidine rings is 1. The summed E-state index contributed by atoms with van der Waals surface area (Å²) in [5, 5.41) is 8.40. The molecule has 2 unspecified atom stereocenters. The number of methoxy groups -OCH3 is 1. The number of nitrogens with one attached hydrogen (secondary N) is 1. The molecule has 3 saturated heterocycles. The lowest BCUT2D eigenvalue weighted by Gasteiger charge is -2.33. The third-order valence-electron chi connectivity index (χ3n) is 12.4. The maximum absolute atomic E-state index is 15.5. The van der Waals surface area contributed by atoms with Crippen LogP contribution < -0.4 is 15.1 Å². The van der Waals surface area contributed by atoms with Crippen molar-refractivity contribution in [2.75, 3.05) is 55.5 Å². The number of likely N-dealkylation sites (N-methyl/N-ethyl adjacent to an activating group) is 1. The Hall–Kier alpha value is -6.70. The fourth-order valence-electron chi connectivity index (χ4n) is 9.47. The van der Waals surface area contributed by atoms with Gasteiger partial charge in [0.1, 0.15) is 40.7 Å². The van der Waals surface area contributed by atoms with Crippen LogP contribution in [0.5, 0.6) is 0 Å². The summed E-state index contributed by atoms with van der Waals surface area (Å²) in [6, 6.07) is 8.86. The minimum Gasteiger partial charge on any atom is -0.378 e. The van der Waals surface area contributed by atoms with E-state index in [-0.39, 0.29) is 54.7 Å². The monoisotopic (exact) mass is 851 g/mol. The average Bonchev–Trinajstić information content (AvgIpc) is 4.01. The van der Waals surface area contributed by atoms with Crippen molar-refractivity contribution in [2.45, 2.75) is 57.0 Å². The lowest BCUT2D eigenvalue weighted by atomic mass is 9.97. The standard InChI is InChI=1S/C42H41F4N13O3/c1-21-27-14-25(17-55(40(27)60)20-34(45)46)58(21)42-52-38(28-15-48-59(39(28)53-42)32-9-8-23(43)12-29(32)44)57-16-24-13-33(57)41(61)54(3)18-26(62-4)19-56-22(2)49-31-10-11-47-36(37(31)56)30-6-5-7-35(50-24)51-30/h5-12,15,24-27,33-34H,1,13-14,16-20H2,2-4H3,(H,50,51)/t24?,25-,26+,27?,33+/m1/s1. The number of carbonyl (C=O) groups is 2. The Morgan fingerprint density at radius 1 is 0.984 bits per heavy atom. The van der Waals surface area contributed by atoms with E-state index in [1.54, 1.807) is 30.2 Å². The van der Waals surface area contributed by atoms with E-state index in [2.05, 4.69) is 17.0 Å². The summed E-state index contributed by atoms with van der Waals surface area (Å²) in [5.74, 6) is -1.54. The number of rotatable bonds is 6. The van der Waals surface area contributed by atoms with Gasteiger partial charge in [-0.05, 0) is 50.1 Å². The quantitative estimate of drug-likeness (QED) is 0.234. The Bertz CT molecular complexity index is 2800. The average molecular weight is 852 g/mol. The van der Waals surface area contributed by atoms with E-state index in [1.165, 1.54) is 16.9 Å². The third-order valence-corrected chi connectivity index (χ3v) is 12.4. The normalized spacial score (nSPS) is 22.9. The molecule has 320 valence electrons. The predicted molar refractivity (Wildman–Crippen MR) is 220 cm³/mol. The van der Waals surface area contributed by atoms with Crippen molar-refractivity contribution in [3.8, 4) is 17.1 Å². The van der Waals surface area contributed by atoms with Gasteiger partial charge in [0.05, 0.1) is 59.5 Å². The summed E-state index contributed by atoms with van der Waals surface area (Å²) >= 11 is 0. The van der Waals surface area contributed by atoms with Crippen molar-refractivity contribution in [1.29, 1.82) is 0 Å². The molecule has 10 rings (SSSR count). The van der Waals surface area contributed by atoms with Crippen molar-refractivity contribution in [3.05, 3.63) is 84.6 Å². The first-order valence-corrected chi connectivity index (χ1v) is 20.2. The van der Waals surface area contributed by atoms with Gasteiger partial charge in [-0.2, -0.15) is 15.1 Å². The van der Waals surface area contributed by atoms with Crippen molar-refractivity contribution in [3.63, 3.8) is 0 Å².